The third kappa shape index (κ3) is 0.727. The predicted molar refractivity (Wildman–Crippen MR) is 41.1 cm³/mol. The Morgan fingerprint density at radius 1 is 1.46 bits per heavy atom. The minimum Gasteiger partial charge on any atom is -0.273 e. The zero-order valence-electron chi connectivity index (χ0n) is 6.45. The first-order valence-corrected chi connectivity index (χ1v) is 3.73. The molecule has 0 aromatic carbocycles. The molecule has 3 aliphatic rings. The van der Waals surface area contributed by atoms with Gasteiger partial charge in [-0.3, -0.25) is 4.90 Å². The molecule has 0 radical (unpaired) electrons. The average molecular weight is 176 g/mol. The fraction of sp³-hybridized carbons (Fsp3) is 0.333. The molecular formula is C6H4N6O. The highest BCUT2D eigenvalue weighted by Crippen LogP contribution is 2.27. The van der Waals surface area contributed by atoms with Crippen LogP contribution < -0.4 is 0 Å². The van der Waals surface area contributed by atoms with Crippen molar-refractivity contribution in [1.82, 2.24) is 4.90 Å². The first-order valence-electron chi connectivity index (χ1n) is 3.73. The second-order valence-corrected chi connectivity index (χ2v) is 2.76. The quantitative estimate of drug-likeness (QED) is 0.540. The number of hydrogen-bond donors (Lipinski definition) is 0. The van der Waals surface area contributed by atoms with Gasteiger partial charge < -0.3 is 0 Å². The number of amidine groups is 1. The Hall–Kier alpha value is -1.92. The summed E-state index contributed by atoms with van der Waals surface area (Å²) in [6.07, 6.45) is 1.21. The third-order valence-corrected chi connectivity index (χ3v) is 2.05. The van der Waals surface area contributed by atoms with Crippen molar-refractivity contribution in [3.05, 3.63) is 11.8 Å². The summed E-state index contributed by atoms with van der Waals surface area (Å²) in [6, 6.07) is -0.347. The summed E-state index contributed by atoms with van der Waals surface area (Å²) in [6.45, 7) is 0.266. The molecule has 0 aromatic rings. The number of carbonyl (C=O) groups is 1. The van der Waals surface area contributed by atoms with Gasteiger partial charge in [0.2, 0.25) is 0 Å². The van der Waals surface area contributed by atoms with Crippen molar-refractivity contribution in [1.29, 1.82) is 0 Å². The number of azo groups is 2. The molecular weight excluding hydrogens is 172 g/mol. The van der Waals surface area contributed by atoms with Crippen LogP contribution in [0.3, 0.4) is 0 Å². The van der Waals surface area contributed by atoms with Crippen molar-refractivity contribution in [2.75, 3.05) is 6.67 Å². The predicted octanol–water partition coefficient (Wildman–Crippen LogP) is 0.920. The van der Waals surface area contributed by atoms with Gasteiger partial charge in [0.05, 0.1) is 11.8 Å². The molecule has 7 nitrogen and oxygen atoms in total. The molecule has 13 heavy (non-hydrogen) atoms. The summed E-state index contributed by atoms with van der Waals surface area (Å²) in [7, 11) is 0. The lowest BCUT2D eigenvalue weighted by Gasteiger charge is -2.23. The molecule has 3 heterocycles. The van der Waals surface area contributed by atoms with E-state index in [1.807, 2.05) is 0 Å². The molecule has 1 unspecified atom stereocenters. The van der Waals surface area contributed by atoms with Gasteiger partial charge in [-0.1, -0.05) is 5.11 Å². The monoisotopic (exact) mass is 176 g/mol. The highest BCUT2D eigenvalue weighted by molar-refractivity contribution is 6.02. The zero-order valence-corrected chi connectivity index (χ0v) is 6.45. The van der Waals surface area contributed by atoms with E-state index in [9.17, 15) is 4.79 Å². The van der Waals surface area contributed by atoms with Crippen LogP contribution in [0.15, 0.2) is 37.2 Å². The number of urea groups is 1. The van der Waals surface area contributed by atoms with E-state index in [4.69, 9.17) is 0 Å². The maximum atomic E-state index is 11.1. The highest BCUT2D eigenvalue weighted by atomic mass is 16.2. The van der Waals surface area contributed by atoms with E-state index in [1.165, 1.54) is 4.90 Å². The fourth-order valence-corrected chi connectivity index (χ4v) is 1.41. The van der Waals surface area contributed by atoms with Crippen molar-refractivity contribution in [2.24, 2.45) is 25.4 Å². The molecule has 0 aliphatic carbocycles. The summed E-state index contributed by atoms with van der Waals surface area (Å²) in [4.78, 5) is 16.6. The van der Waals surface area contributed by atoms with E-state index in [0.29, 0.717) is 5.84 Å². The number of rotatable bonds is 0. The Bertz CT molecular complexity index is 405. The van der Waals surface area contributed by atoms with Crippen LogP contribution in [0.5, 0.6) is 0 Å². The van der Waals surface area contributed by atoms with Crippen molar-refractivity contribution in [3.63, 3.8) is 0 Å². The second kappa shape index (κ2) is 2.06. The van der Waals surface area contributed by atoms with Crippen molar-refractivity contribution in [3.8, 4) is 0 Å². The summed E-state index contributed by atoms with van der Waals surface area (Å²) in [5.74, 6) is 0.565. The number of fused-ring (bicyclic) bond motifs is 3. The van der Waals surface area contributed by atoms with Crippen molar-refractivity contribution >= 4 is 11.9 Å². The SMILES string of the molecule is O=C1N=NC2C3=CN=NC3=NCN12. The smallest absolute Gasteiger partial charge is 0.273 e. The molecule has 0 spiro atoms. The summed E-state index contributed by atoms with van der Waals surface area (Å²) in [5, 5.41) is 14.8. The topological polar surface area (TPSA) is 82.1 Å². The lowest BCUT2D eigenvalue weighted by atomic mass is 10.2. The number of aliphatic imine (C=N–C) groups is 1. The molecule has 0 fully saturated rings. The first kappa shape index (κ1) is 6.58. The third-order valence-electron chi connectivity index (χ3n) is 2.05. The molecule has 0 bridgehead atoms. The normalized spacial score (nSPS) is 28.8. The van der Waals surface area contributed by atoms with Gasteiger partial charge in [-0.15, -0.1) is 5.11 Å². The van der Waals surface area contributed by atoms with Crippen LogP contribution in [-0.4, -0.2) is 29.6 Å². The Morgan fingerprint density at radius 2 is 2.38 bits per heavy atom. The second-order valence-electron chi connectivity index (χ2n) is 2.76. The van der Waals surface area contributed by atoms with E-state index in [2.05, 4.69) is 25.4 Å². The van der Waals surface area contributed by atoms with Crippen LogP contribution in [0, 0.1) is 0 Å². The van der Waals surface area contributed by atoms with Gasteiger partial charge in [0.1, 0.15) is 6.67 Å². The van der Waals surface area contributed by atoms with Gasteiger partial charge >= 0.3 is 6.03 Å². The standard InChI is InChI=1S/C6H4N6O/c13-6-11-10-5-3-1-8-9-4(3)7-2-12(5)6/h1,5H,2H2. The lowest BCUT2D eigenvalue weighted by Crippen LogP contribution is -2.39. The molecule has 1 atom stereocenters. The summed E-state index contributed by atoms with van der Waals surface area (Å²) in [5.41, 5.74) is 0.751. The number of nitrogens with zero attached hydrogens (tertiary/aromatic N) is 6. The van der Waals surface area contributed by atoms with E-state index in [1.54, 1.807) is 6.20 Å². The molecule has 3 rings (SSSR count). The Balaban J connectivity index is 2.08. The zero-order chi connectivity index (χ0) is 8.84. The molecule has 0 aromatic heterocycles. The molecule has 0 N–H and O–H groups in total. The summed E-state index contributed by atoms with van der Waals surface area (Å²) >= 11 is 0. The van der Waals surface area contributed by atoms with E-state index in [0.717, 1.165) is 5.57 Å². The van der Waals surface area contributed by atoms with E-state index < -0.39 is 0 Å². The Labute approximate surface area is 72.6 Å². The van der Waals surface area contributed by atoms with Gasteiger partial charge in [0.25, 0.3) is 0 Å². The Kier molecular flexibility index (Phi) is 1.04. The first-order chi connectivity index (χ1) is 6.36. The van der Waals surface area contributed by atoms with Gasteiger partial charge in [0, 0.05) is 0 Å². The van der Waals surface area contributed by atoms with Crippen LogP contribution in [-0.2, 0) is 0 Å². The fourth-order valence-electron chi connectivity index (χ4n) is 1.41. The molecule has 0 saturated carbocycles. The van der Waals surface area contributed by atoms with Crippen LogP contribution >= 0.6 is 0 Å². The molecule has 3 aliphatic heterocycles. The van der Waals surface area contributed by atoms with Gasteiger partial charge in [0.15, 0.2) is 12.0 Å². The summed E-state index contributed by atoms with van der Waals surface area (Å²) < 4.78 is 0. The van der Waals surface area contributed by atoms with Gasteiger partial charge in [-0.05, 0) is 0 Å². The van der Waals surface area contributed by atoms with E-state index >= 15 is 0 Å². The maximum Gasteiger partial charge on any atom is 0.365 e. The average Bonchev–Trinajstić information content (AvgIpc) is 2.70. The molecule has 0 saturated heterocycles. The van der Waals surface area contributed by atoms with Crippen LogP contribution in [0.1, 0.15) is 0 Å². The minimum atomic E-state index is -0.352. The molecule has 64 valence electrons. The van der Waals surface area contributed by atoms with Crippen LogP contribution in [0.4, 0.5) is 4.79 Å². The molecule has 2 amide bonds. The number of carbonyl (C=O) groups excluding carboxylic acids is 1. The molecule has 7 heteroatoms. The highest BCUT2D eigenvalue weighted by Gasteiger charge is 2.38. The van der Waals surface area contributed by atoms with Gasteiger partial charge in [-0.2, -0.15) is 10.2 Å². The van der Waals surface area contributed by atoms with Crippen LogP contribution in [0.2, 0.25) is 0 Å². The lowest BCUT2D eigenvalue weighted by molar-refractivity contribution is 0.209. The van der Waals surface area contributed by atoms with Crippen LogP contribution in [0.25, 0.3) is 0 Å². The number of hydrogen-bond acceptors (Lipinski definition) is 5. The number of amides is 2. The maximum absolute atomic E-state index is 11.1. The van der Waals surface area contributed by atoms with E-state index in [-0.39, 0.29) is 18.9 Å². The van der Waals surface area contributed by atoms with Gasteiger partial charge in [-0.25, -0.2) is 9.79 Å². The largest absolute Gasteiger partial charge is 0.365 e. The van der Waals surface area contributed by atoms with Crippen molar-refractivity contribution in [2.45, 2.75) is 6.17 Å². The van der Waals surface area contributed by atoms with Crippen molar-refractivity contribution < 1.29 is 4.79 Å². The minimum absolute atomic E-state index is 0.266. The Morgan fingerprint density at radius 3 is 3.31 bits per heavy atom.